The van der Waals surface area contributed by atoms with Gasteiger partial charge in [-0.15, -0.1) is 11.3 Å². The summed E-state index contributed by atoms with van der Waals surface area (Å²) in [6.45, 7) is 2.64. The SMILES string of the molecule is NCC#Cc1ccsc1CNC(=O)N1CCCC1. The normalized spacial score (nSPS) is 14.2. The fraction of sp³-hybridized carbons (Fsp3) is 0.462. The Kier molecular flexibility index (Phi) is 4.62. The standard InChI is InChI=1S/C13H17N3OS/c14-6-3-4-11-5-9-18-12(11)10-15-13(17)16-7-1-2-8-16/h5,9H,1-2,6-8,10,14H2,(H,15,17). The van der Waals surface area contributed by atoms with E-state index in [4.69, 9.17) is 5.73 Å². The summed E-state index contributed by atoms with van der Waals surface area (Å²) in [6.07, 6.45) is 2.22. The lowest BCUT2D eigenvalue weighted by Gasteiger charge is -2.15. The van der Waals surface area contributed by atoms with E-state index in [0.29, 0.717) is 13.1 Å². The molecule has 2 heterocycles. The number of amides is 2. The third kappa shape index (κ3) is 3.25. The number of carbonyl (C=O) groups excluding carboxylic acids is 1. The molecule has 1 fully saturated rings. The van der Waals surface area contributed by atoms with Gasteiger partial charge in [-0.1, -0.05) is 11.8 Å². The van der Waals surface area contributed by atoms with Gasteiger partial charge in [-0.3, -0.25) is 0 Å². The van der Waals surface area contributed by atoms with Crippen LogP contribution in [0, 0.1) is 11.8 Å². The lowest BCUT2D eigenvalue weighted by molar-refractivity contribution is 0.208. The van der Waals surface area contributed by atoms with Crippen molar-refractivity contribution in [2.24, 2.45) is 5.73 Å². The highest BCUT2D eigenvalue weighted by molar-refractivity contribution is 7.10. The Labute approximate surface area is 111 Å². The molecule has 4 nitrogen and oxygen atoms in total. The number of thiophene rings is 1. The number of urea groups is 1. The number of likely N-dealkylation sites (tertiary alicyclic amines) is 1. The maximum atomic E-state index is 11.8. The fourth-order valence-corrected chi connectivity index (χ4v) is 2.69. The lowest BCUT2D eigenvalue weighted by Crippen LogP contribution is -2.37. The van der Waals surface area contributed by atoms with Crippen LogP contribution in [0.5, 0.6) is 0 Å². The van der Waals surface area contributed by atoms with Crippen molar-refractivity contribution in [3.63, 3.8) is 0 Å². The molecule has 1 aliphatic rings. The molecule has 2 rings (SSSR count). The molecule has 2 amide bonds. The van der Waals surface area contributed by atoms with Gasteiger partial charge >= 0.3 is 6.03 Å². The smallest absolute Gasteiger partial charge is 0.317 e. The molecule has 1 aromatic rings. The van der Waals surface area contributed by atoms with Crippen LogP contribution in [-0.2, 0) is 6.54 Å². The Morgan fingerprint density at radius 1 is 1.50 bits per heavy atom. The number of nitrogens with one attached hydrogen (secondary N) is 1. The Morgan fingerprint density at radius 2 is 2.28 bits per heavy atom. The predicted molar refractivity (Wildman–Crippen MR) is 73.3 cm³/mol. The average molecular weight is 263 g/mol. The fourth-order valence-electron chi connectivity index (χ4n) is 1.92. The molecule has 0 bridgehead atoms. The minimum atomic E-state index is 0.0265. The van der Waals surface area contributed by atoms with Gasteiger partial charge in [0.15, 0.2) is 0 Å². The third-order valence-corrected chi connectivity index (χ3v) is 3.78. The molecular formula is C13H17N3OS. The highest BCUT2D eigenvalue weighted by Crippen LogP contribution is 2.16. The van der Waals surface area contributed by atoms with Crippen LogP contribution in [0.4, 0.5) is 4.79 Å². The highest BCUT2D eigenvalue weighted by Gasteiger charge is 2.17. The van der Waals surface area contributed by atoms with Crippen LogP contribution in [0.15, 0.2) is 11.4 Å². The van der Waals surface area contributed by atoms with Crippen molar-refractivity contribution in [2.45, 2.75) is 19.4 Å². The van der Waals surface area contributed by atoms with Gasteiger partial charge in [0, 0.05) is 23.5 Å². The van der Waals surface area contributed by atoms with Crippen molar-refractivity contribution < 1.29 is 4.79 Å². The van der Waals surface area contributed by atoms with E-state index in [1.165, 1.54) is 0 Å². The van der Waals surface area contributed by atoms with E-state index in [1.54, 1.807) is 11.3 Å². The minimum absolute atomic E-state index is 0.0265. The third-order valence-electron chi connectivity index (χ3n) is 2.86. The number of nitrogens with zero attached hydrogens (tertiary/aromatic N) is 1. The summed E-state index contributed by atoms with van der Waals surface area (Å²) in [6, 6.07) is 1.99. The van der Waals surface area contributed by atoms with Gasteiger partial charge in [-0.2, -0.15) is 0 Å². The van der Waals surface area contributed by atoms with E-state index >= 15 is 0 Å². The first-order chi connectivity index (χ1) is 8.81. The molecule has 96 valence electrons. The van der Waals surface area contributed by atoms with Crippen molar-refractivity contribution in [1.82, 2.24) is 10.2 Å². The van der Waals surface area contributed by atoms with Crippen LogP contribution in [-0.4, -0.2) is 30.6 Å². The summed E-state index contributed by atoms with van der Waals surface area (Å²) >= 11 is 1.61. The Bertz CT molecular complexity index is 466. The Morgan fingerprint density at radius 3 is 3.00 bits per heavy atom. The topological polar surface area (TPSA) is 58.4 Å². The summed E-state index contributed by atoms with van der Waals surface area (Å²) in [5.41, 5.74) is 6.32. The molecule has 18 heavy (non-hydrogen) atoms. The molecule has 1 aliphatic heterocycles. The molecule has 1 aromatic heterocycles. The van der Waals surface area contributed by atoms with E-state index in [1.807, 2.05) is 16.3 Å². The second-order valence-corrected chi connectivity index (χ2v) is 5.12. The van der Waals surface area contributed by atoms with E-state index in [2.05, 4.69) is 17.2 Å². The Hall–Kier alpha value is -1.51. The number of hydrogen-bond acceptors (Lipinski definition) is 3. The highest BCUT2D eigenvalue weighted by atomic mass is 32.1. The van der Waals surface area contributed by atoms with Gasteiger partial charge in [-0.05, 0) is 24.3 Å². The van der Waals surface area contributed by atoms with Crippen LogP contribution in [0.25, 0.3) is 0 Å². The monoisotopic (exact) mass is 263 g/mol. The number of nitrogens with two attached hydrogens (primary N) is 1. The molecule has 0 radical (unpaired) electrons. The zero-order valence-electron chi connectivity index (χ0n) is 10.2. The summed E-state index contributed by atoms with van der Waals surface area (Å²) < 4.78 is 0. The average Bonchev–Trinajstić information content (AvgIpc) is 3.04. The van der Waals surface area contributed by atoms with Crippen molar-refractivity contribution in [3.05, 3.63) is 21.9 Å². The quantitative estimate of drug-likeness (QED) is 0.792. The molecule has 0 atom stereocenters. The van der Waals surface area contributed by atoms with Gasteiger partial charge in [0.1, 0.15) is 0 Å². The zero-order valence-corrected chi connectivity index (χ0v) is 11.1. The first-order valence-corrected chi connectivity index (χ1v) is 6.97. The summed E-state index contributed by atoms with van der Waals surface area (Å²) in [5.74, 6) is 5.85. The van der Waals surface area contributed by atoms with E-state index < -0.39 is 0 Å². The first kappa shape index (κ1) is 12.9. The Balaban J connectivity index is 1.89. The minimum Gasteiger partial charge on any atom is -0.333 e. The largest absolute Gasteiger partial charge is 0.333 e. The van der Waals surface area contributed by atoms with Gasteiger partial charge in [0.2, 0.25) is 0 Å². The van der Waals surface area contributed by atoms with Gasteiger partial charge in [0.25, 0.3) is 0 Å². The molecule has 0 spiro atoms. The molecule has 0 aliphatic carbocycles. The van der Waals surface area contributed by atoms with E-state index in [9.17, 15) is 4.79 Å². The second-order valence-electron chi connectivity index (χ2n) is 4.12. The van der Waals surface area contributed by atoms with Crippen molar-refractivity contribution in [3.8, 4) is 11.8 Å². The van der Waals surface area contributed by atoms with Gasteiger partial charge < -0.3 is 16.0 Å². The molecule has 1 saturated heterocycles. The molecule has 0 aromatic carbocycles. The maximum Gasteiger partial charge on any atom is 0.317 e. The van der Waals surface area contributed by atoms with Crippen molar-refractivity contribution in [1.29, 1.82) is 0 Å². The molecule has 3 N–H and O–H groups in total. The van der Waals surface area contributed by atoms with Gasteiger partial charge in [-0.25, -0.2) is 4.79 Å². The van der Waals surface area contributed by atoms with Crippen molar-refractivity contribution in [2.75, 3.05) is 19.6 Å². The first-order valence-electron chi connectivity index (χ1n) is 6.09. The van der Waals surface area contributed by atoms with Crippen LogP contribution < -0.4 is 11.1 Å². The van der Waals surface area contributed by atoms with E-state index in [-0.39, 0.29) is 6.03 Å². The summed E-state index contributed by atoms with van der Waals surface area (Å²) in [5, 5.41) is 4.93. The number of hydrogen-bond donors (Lipinski definition) is 2. The summed E-state index contributed by atoms with van der Waals surface area (Å²) in [7, 11) is 0. The van der Waals surface area contributed by atoms with Crippen LogP contribution in [0.2, 0.25) is 0 Å². The molecule has 0 saturated carbocycles. The van der Waals surface area contributed by atoms with E-state index in [0.717, 1.165) is 36.4 Å². The van der Waals surface area contributed by atoms with Crippen LogP contribution in [0.3, 0.4) is 0 Å². The number of carbonyl (C=O) groups is 1. The molecule has 0 unspecified atom stereocenters. The van der Waals surface area contributed by atoms with Gasteiger partial charge in [0.05, 0.1) is 13.1 Å². The van der Waals surface area contributed by atoms with Crippen LogP contribution in [0.1, 0.15) is 23.3 Å². The van der Waals surface area contributed by atoms with Crippen molar-refractivity contribution >= 4 is 17.4 Å². The summed E-state index contributed by atoms with van der Waals surface area (Å²) in [4.78, 5) is 14.8. The van der Waals surface area contributed by atoms with Crippen LogP contribution >= 0.6 is 11.3 Å². The predicted octanol–water partition coefficient (Wildman–Crippen LogP) is 1.36. The zero-order chi connectivity index (χ0) is 12.8. The molecule has 5 heteroatoms. The molecular weight excluding hydrogens is 246 g/mol. The lowest BCUT2D eigenvalue weighted by atomic mass is 10.2. The maximum absolute atomic E-state index is 11.8. The number of rotatable bonds is 2. The second kappa shape index (κ2) is 6.43.